The Balaban J connectivity index is 1.77. The van der Waals surface area contributed by atoms with Crippen LogP contribution in [0.15, 0.2) is 22.7 Å². The molecule has 0 spiro atoms. The Labute approximate surface area is 122 Å². The summed E-state index contributed by atoms with van der Waals surface area (Å²) in [7, 11) is 0. The quantitative estimate of drug-likeness (QED) is 0.917. The fourth-order valence-corrected chi connectivity index (χ4v) is 2.89. The summed E-state index contributed by atoms with van der Waals surface area (Å²) in [5.41, 5.74) is 0. The largest absolute Gasteiger partial charge is 0.491 e. The fourth-order valence-electron chi connectivity index (χ4n) is 2.09. The monoisotopic (exact) mass is 332 g/mol. The third kappa shape index (κ3) is 4.12. The number of hydrogen-bond donors (Lipinski definition) is 1. The van der Waals surface area contributed by atoms with E-state index in [9.17, 15) is 0 Å². The molecule has 1 N–H and O–H groups in total. The summed E-state index contributed by atoms with van der Waals surface area (Å²) in [6, 6.07) is 6.16. The minimum absolute atomic E-state index is 0.570. The summed E-state index contributed by atoms with van der Waals surface area (Å²) >= 11 is 9.34. The molecule has 3 nitrogen and oxygen atoms in total. The molecule has 1 aromatic carbocycles. The molecule has 0 radical (unpaired) electrons. The first-order valence-electron chi connectivity index (χ1n) is 6.19. The van der Waals surface area contributed by atoms with Gasteiger partial charge in [-0.3, -0.25) is 4.90 Å². The predicted octanol–water partition coefficient (Wildman–Crippen LogP) is 2.78. The molecule has 1 heterocycles. The third-order valence-corrected chi connectivity index (χ3v) is 3.87. The van der Waals surface area contributed by atoms with Crippen molar-refractivity contribution in [1.29, 1.82) is 0 Å². The van der Waals surface area contributed by atoms with E-state index < -0.39 is 0 Å². The molecule has 0 amide bonds. The molecular formula is C13H18BrClN2O. The van der Waals surface area contributed by atoms with Gasteiger partial charge >= 0.3 is 0 Å². The number of halogens is 2. The number of ether oxygens (including phenoxy) is 1. The maximum Gasteiger partial charge on any atom is 0.133 e. The lowest BCUT2D eigenvalue weighted by atomic mass is 10.2. The summed E-state index contributed by atoms with van der Waals surface area (Å²) < 4.78 is 6.67. The molecule has 1 atom stereocenters. The van der Waals surface area contributed by atoms with E-state index in [0.29, 0.717) is 17.7 Å². The van der Waals surface area contributed by atoms with Crippen LogP contribution in [-0.4, -0.2) is 43.7 Å². The van der Waals surface area contributed by atoms with Crippen LogP contribution in [0.1, 0.15) is 6.92 Å². The van der Waals surface area contributed by atoms with Gasteiger partial charge in [-0.05, 0) is 41.1 Å². The first-order valence-corrected chi connectivity index (χ1v) is 7.36. The molecule has 0 aromatic heterocycles. The first kappa shape index (κ1) is 14.1. The lowest BCUT2D eigenvalue weighted by Crippen LogP contribution is -2.50. The van der Waals surface area contributed by atoms with Gasteiger partial charge in [-0.2, -0.15) is 0 Å². The van der Waals surface area contributed by atoms with Crippen LogP contribution in [0.3, 0.4) is 0 Å². The number of nitrogens with one attached hydrogen (secondary N) is 1. The van der Waals surface area contributed by atoms with Crippen LogP contribution in [0.4, 0.5) is 0 Å². The van der Waals surface area contributed by atoms with E-state index in [1.165, 1.54) is 0 Å². The van der Waals surface area contributed by atoms with Gasteiger partial charge in [-0.15, -0.1) is 0 Å². The van der Waals surface area contributed by atoms with Crippen molar-refractivity contribution in [2.45, 2.75) is 13.0 Å². The Morgan fingerprint density at radius 2 is 2.39 bits per heavy atom. The van der Waals surface area contributed by atoms with Crippen LogP contribution in [0.5, 0.6) is 5.75 Å². The van der Waals surface area contributed by atoms with Crippen LogP contribution in [0.25, 0.3) is 0 Å². The zero-order chi connectivity index (χ0) is 13.0. The van der Waals surface area contributed by atoms with Crippen molar-refractivity contribution in [2.75, 3.05) is 32.8 Å². The topological polar surface area (TPSA) is 24.5 Å². The predicted molar refractivity (Wildman–Crippen MR) is 78.6 cm³/mol. The number of benzene rings is 1. The molecule has 0 saturated carbocycles. The first-order chi connectivity index (χ1) is 8.65. The maximum absolute atomic E-state index is 5.89. The van der Waals surface area contributed by atoms with Gasteiger partial charge in [0.2, 0.25) is 0 Å². The van der Waals surface area contributed by atoms with Crippen molar-refractivity contribution in [3.8, 4) is 5.75 Å². The van der Waals surface area contributed by atoms with E-state index in [2.05, 4.69) is 33.1 Å². The van der Waals surface area contributed by atoms with E-state index >= 15 is 0 Å². The van der Waals surface area contributed by atoms with Crippen molar-refractivity contribution in [3.63, 3.8) is 0 Å². The number of nitrogens with zero attached hydrogens (tertiary/aromatic N) is 1. The van der Waals surface area contributed by atoms with Gasteiger partial charge in [0.15, 0.2) is 0 Å². The van der Waals surface area contributed by atoms with Crippen LogP contribution in [-0.2, 0) is 0 Å². The van der Waals surface area contributed by atoms with E-state index in [1.54, 1.807) is 0 Å². The molecule has 2 rings (SSSR count). The Morgan fingerprint density at radius 3 is 3.11 bits per heavy atom. The third-order valence-electron chi connectivity index (χ3n) is 3.01. The van der Waals surface area contributed by atoms with Crippen LogP contribution in [0, 0.1) is 0 Å². The molecule has 1 aliphatic heterocycles. The highest BCUT2D eigenvalue weighted by Crippen LogP contribution is 2.27. The van der Waals surface area contributed by atoms with Gasteiger partial charge in [0, 0.05) is 37.2 Å². The van der Waals surface area contributed by atoms with Gasteiger partial charge in [-0.25, -0.2) is 0 Å². The van der Waals surface area contributed by atoms with Gasteiger partial charge in [0.05, 0.1) is 4.47 Å². The Bertz CT molecular complexity index is 403. The average molecular weight is 334 g/mol. The Morgan fingerprint density at radius 1 is 1.56 bits per heavy atom. The van der Waals surface area contributed by atoms with E-state index in [1.807, 2.05) is 18.2 Å². The van der Waals surface area contributed by atoms with Crippen LogP contribution >= 0.6 is 27.5 Å². The Hall–Kier alpha value is -0.290. The van der Waals surface area contributed by atoms with E-state index in [4.69, 9.17) is 16.3 Å². The second kappa shape index (κ2) is 6.75. The molecule has 5 heteroatoms. The summed E-state index contributed by atoms with van der Waals surface area (Å²) in [6.07, 6.45) is 0. The zero-order valence-electron chi connectivity index (χ0n) is 10.5. The van der Waals surface area contributed by atoms with Crippen LogP contribution in [0.2, 0.25) is 5.02 Å². The summed E-state index contributed by atoms with van der Waals surface area (Å²) in [6.45, 7) is 7.11. The van der Waals surface area contributed by atoms with Crippen molar-refractivity contribution in [2.24, 2.45) is 0 Å². The van der Waals surface area contributed by atoms with Crippen molar-refractivity contribution in [1.82, 2.24) is 10.2 Å². The van der Waals surface area contributed by atoms with Crippen molar-refractivity contribution < 1.29 is 4.74 Å². The number of piperazine rings is 1. The number of rotatable bonds is 4. The average Bonchev–Trinajstić information content (AvgIpc) is 2.32. The minimum Gasteiger partial charge on any atom is -0.491 e. The SMILES string of the molecule is C[C@@H]1CN(CCOc2ccc(Cl)cc2Br)CCN1. The lowest BCUT2D eigenvalue weighted by Gasteiger charge is -2.31. The van der Waals surface area contributed by atoms with E-state index in [-0.39, 0.29) is 0 Å². The molecule has 1 saturated heterocycles. The highest BCUT2D eigenvalue weighted by atomic mass is 79.9. The second-order valence-electron chi connectivity index (χ2n) is 4.58. The van der Waals surface area contributed by atoms with Crippen molar-refractivity contribution in [3.05, 3.63) is 27.7 Å². The Kier molecular flexibility index (Phi) is 5.30. The molecule has 1 aliphatic rings. The maximum atomic E-state index is 5.89. The molecule has 100 valence electrons. The smallest absolute Gasteiger partial charge is 0.133 e. The second-order valence-corrected chi connectivity index (χ2v) is 5.87. The van der Waals surface area contributed by atoms with Crippen molar-refractivity contribution >= 4 is 27.5 Å². The summed E-state index contributed by atoms with van der Waals surface area (Å²) in [5.74, 6) is 0.850. The molecule has 0 bridgehead atoms. The highest BCUT2D eigenvalue weighted by molar-refractivity contribution is 9.10. The lowest BCUT2D eigenvalue weighted by molar-refractivity contribution is 0.170. The van der Waals surface area contributed by atoms with Gasteiger partial charge in [0.1, 0.15) is 12.4 Å². The van der Waals surface area contributed by atoms with Gasteiger partial charge in [-0.1, -0.05) is 11.6 Å². The molecule has 18 heavy (non-hydrogen) atoms. The summed E-state index contributed by atoms with van der Waals surface area (Å²) in [4.78, 5) is 2.42. The molecule has 0 aliphatic carbocycles. The van der Waals surface area contributed by atoms with Gasteiger partial charge < -0.3 is 10.1 Å². The van der Waals surface area contributed by atoms with Gasteiger partial charge in [0.25, 0.3) is 0 Å². The molecule has 1 aromatic rings. The normalized spacial score (nSPS) is 20.9. The molecule has 0 unspecified atom stereocenters. The molecule has 1 fully saturated rings. The highest BCUT2D eigenvalue weighted by Gasteiger charge is 2.15. The molecular weight excluding hydrogens is 316 g/mol. The number of hydrogen-bond acceptors (Lipinski definition) is 3. The van der Waals surface area contributed by atoms with E-state index in [0.717, 1.165) is 36.4 Å². The van der Waals surface area contributed by atoms with Crippen LogP contribution < -0.4 is 10.1 Å². The fraction of sp³-hybridized carbons (Fsp3) is 0.538. The standard InChI is InChI=1S/C13H18BrClN2O/c1-10-9-17(5-4-16-10)6-7-18-13-3-2-11(15)8-12(13)14/h2-3,8,10,16H,4-7,9H2,1H3/t10-/m1/s1. The minimum atomic E-state index is 0.570. The zero-order valence-corrected chi connectivity index (χ0v) is 12.8. The summed E-state index contributed by atoms with van der Waals surface area (Å²) in [5, 5.41) is 4.14.